The first-order valence-electron chi connectivity index (χ1n) is 11.2. The van der Waals surface area contributed by atoms with Gasteiger partial charge in [0.25, 0.3) is 0 Å². The summed E-state index contributed by atoms with van der Waals surface area (Å²) >= 11 is 1.75. The fraction of sp³-hybridized carbons (Fsp3) is 0.269. The molecule has 2 N–H and O–H groups in total. The van der Waals surface area contributed by atoms with E-state index in [4.69, 9.17) is 4.74 Å². The van der Waals surface area contributed by atoms with Crippen LogP contribution in [0.3, 0.4) is 0 Å². The number of nitrogens with one attached hydrogen (secondary N) is 2. The molecule has 8 heteroatoms. The van der Waals surface area contributed by atoms with E-state index >= 15 is 0 Å². The standard InChI is InChI=1S/C26H30N6OS/c1-19(14-27-22-7-11-24(34-3)12-8-22)15-28-26-13-6-21(16-29-26)25-17-30-31-32(25)18-20-4-9-23(33-2)10-5-20/h4-13,16-17,19,27H,14-15,18H2,1-3H3,(H,28,29). The number of hydrogen-bond acceptors (Lipinski definition) is 7. The molecule has 0 saturated carbocycles. The average Bonchev–Trinajstić information content (AvgIpc) is 3.35. The zero-order valence-electron chi connectivity index (χ0n) is 19.7. The number of rotatable bonds is 11. The zero-order valence-corrected chi connectivity index (χ0v) is 20.5. The third-order valence-corrected chi connectivity index (χ3v) is 6.29. The van der Waals surface area contributed by atoms with Crippen LogP contribution in [-0.4, -0.2) is 46.4 Å². The number of benzene rings is 2. The van der Waals surface area contributed by atoms with Crippen molar-refractivity contribution < 1.29 is 4.74 Å². The normalized spacial score (nSPS) is 11.7. The van der Waals surface area contributed by atoms with Crippen LogP contribution in [0.5, 0.6) is 5.75 Å². The van der Waals surface area contributed by atoms with Crippen molar-refractivity contribution in [3.8, 4) is 17.0 Å². The van der Waals surface area contributed by atoms with Crippen molar-refractivity contribution in [2.75, 3.05) is 37.1 Å². The van der Waals surface area contributed by atoms with Gasteiger partial charge in [0.15, 0.2) is 0 Å². The molecule has 0 radical (unpaired) electrons. The molecule has 4 aromatic rings. The first-order valence-corrected chi connectivity index (χ1v) is 12.5. The summed E-state index contributed by atoms with van der Waals surface area (Å²) in [5.74, 6) is 2.13. The minimum absolute atomic E-state index is 0.442. The number of nitrogens with zero attached hydrogens (tertiary/aromatic N) is 4. The Morgan fingerprint density at radius 1 is 0.941 bits per heavy atom. The van der Waals surface area contributed by atoms with E-state index in [1.165, 1.54) is 4.90 Å². The Labute approximate surface area is 205 Å². The lowest BCUT2D eigenvalue weighted by Gasteiger charge is -2.15. The van der Waals surface area contributed by atoms with Gasteiger partial charge in [0.1, 0.15) is 11.6 Å². The van der Waals surface area contributed by atoms with Gasteiger partial charge in [-0.15, -0.1) is 16.9 Å². The van der Waals surface area contributed by atoms with Crippen molar-refractivity contribution in [3.63, 3.8) is 0 Å². The molecule has 2 aromatic carbocycles. The molecule has 0 fully saturated rings. The van der Waals surface area contributed by atoms with Crippen molar-refractivity contribution in [3.05, 3.63) is 78.6 Å². The number of aromatic nitrogens is 4. The smallest absolute Gasteiger partial charge is 0.125 e. The van der Waals surface area contributed by atoms with E-state index in [1.54, 1.807) is 25.1 Å². The molecule has 0 saturated heterocycles. The summed E-state index contributed by atoms with van der Waals surface area (Å²) in [7, 11) is 1.67. The van der Waals surface area contributed by atoms with Crippen LogP contribution in [0.15, 0.2) is 78.0 Å². The maximum absolute atomic E-state index is 5.23. The van der Waals surface area contributed by atoms with Crippen molar-refractivity contribution in [1.82, 2.24) is 20.0 Å². The summed E-state index contributed by atoms with van der Waals surface area (Å²) < 4.78 is 7.11. The summed E-state index contributed by atoms with van der Waals surface area (Å²) in [6.45, 7) is 4.57. The highest BCUT2D eigenvalue weighted by molar-refractivity contribution is 7.98. The molecule has 1 unspecified atom stereocenters. The molecule has 1 atom stereocenters. The monoisotopic (exact) mass is 474 g/mol. The number of anilines is 2. The summed E-state index contributed by atoms with van der Waals surface area (Å²) in [4.78, 5) is 5.87. The van der Waals surface area contributed by atoms with Gasteiger partial charge in [0.2, 0.25) is 0 Å². The molecule has 0 spiro atoms. The predicted molar refractivity (Wildman–Crippen MR) is 140 cm³/mol. The maximum atomic E-state index is 5.23. The fourth-order valence-electron chi connectivity index (χ4n) is 3.50. The fourth-order valence-corrected chi connectivity index (χ4v) is 3.91. The summed E-state index contributed by atoms with van der Waals surface area (Å²) in [5.41, 5.74) is 4.18. The number of pyridine rings is 1. The lowest BCUT2D eigenvalue weighted by Crippen LogP contribution is -2.20. The molecular formula is C26H30N6OS. The third-order valence-electron chi connectivity index (χ3n) is 5.54. The highest BCUT2D eigenvalue weighted by Gasteiger charge is 2.09. The molecule has 34 heavy (non-hydrogen) atoms. The Morgan fingerprint density at radius 2 is 1.71 bits per heavy atom. The quantitative estimate of drug-likeness (QED) is 0.286. The molecule has 0 amide bonds. The largest absolute Gasteiger partial charge is 0.497 e. The molecule has 7 nitrogen and oxygen atoms in total. The van der Waals surface area contributed by atoms with E-state index < -0.39 is 0 Å². The predicted octanol–water partition coefficient (Wildman–Crippen LogP) is 5.28. The molecule has 0 aliphatic carbocycles. The maximum Gasteiger partial charge on any atom is 0.125 e. The lowest BCUT2D eigenvalue weighted by atomic mass is 10.1. The van der Waals surface area contributed by atoms with E-state index in [2.05, 4.69) is 69.4 Å². The summed E-state index contributed by atoms with van der Waals surface area (Å²) in [6, 6.07) is 20.5. The van der Waals surface area contributed by atoms with Crippen LogP contribution < -0.4 is 15.4 Å². The van der Waals surface area contributed by atoms with Gasteiger partial charge in [-0.3, -0.25) is 0 Å². The van der Waals surface area contributed by atoms with Gasteiger partial charge in [-0.1, -0.05) is 24.3 Å². The first kappa shape index (κ1) is 23.6. The molecule has 2 aromatic heterocycles. The highest BCUT2D eigenvalue weighted by atomic mass is 32.2. The SMILES string of the molecule is COc1ccc(Cn2nncc2-c2ccc(NCC(C)CNc3ccc(SC)cc3)nc2)cc1. The van der Waals surface area contributed by atoms with Crippen LogP contribution in [0, 0.1) is 5.92 Å². The van der Waals surface area contributed by atoms with Gasteiger partial charge >= 0.3 is 0 Å². The van der Waals surface area contributed by atoms with Crippen molar-refractivity contribution in [2.45, 2.75) is 18.4 Å². The van der Waals surface area contributed by atoms with E-state index in [0.29, 0.717) is 12.5 Å². The van der Waals surface area contributed by atoms with Crippen molar-refractivity contribution >= 4 is 23.3 Å². The van der Waals surface area contributed by atoms with Gasteiger partial charge in [-0.05, 0) is 66.3 Å². The second-order valence-corrected chi connectivity index (χ2v) is 9.03. The molecular weight excluding hydrogens is 444 g/mol. The van der Waals surface area contributed by atoms with Crippen LogP contribution in [0.2, 0.25) is 0 Å². The van der Waals surface area contributed by atoms with Crippen LogP contribution in [-0.2, 0) is 6.54 Å². The number of hydrogen-bond donors (Lipinski definition) is 2. The number of ether oxygens (including phenoxy) is 1. The zero-order chi connectivity index (χ0) is 23.8. The van der Waals surface area contributed by atoms with E-state index in [1.807, 2.05) is 41.2 Å². The summed E-state index contributed by atoms with van der Waals surface area (Å²) in [5, 5.41) is 15.3. The molecule has 0 aliphatic rings. The summed E-state index contributed by atoms with van der Waals surface area (Å²) in [6.07, 6.45) is 5.72. The average molecular weight is 475 g/mol. The van der Waals surface area contributed by atoms with E-state index in [-0.39, 0.29) is 0 Å². The van der Waals surface area contributed by atoms with Gasteiger partial charge in [0.05, 0.1) is 25.5 Å². The van der Waals surface area contributed by atoms with Gasteiger partial charge < -0.3 is 15.4 Å². The van der Waals surface area contributed by atoms with Crippen LogP contribution in [0.1, 0.15) is 12.5 Å². The minimum Gasteiger partial charge on any atom is -0.497 e. The minimum atomic E-state index is 0.442. The lowest BCUT2D eigenvalue weighted by molar-refractivity contribution is 0.414. The van der Waals surface area contributed by atoms with Gasteiger partial charge in [-0.25, -0.2) is 9.67 Å². The topological polar surface area (TPSA) is 76.9 Å². The Balaban J connectivity index is 1.29. The number of methoxy groups -OCH3 is 1. The van der Waals surface area contributed by atoms with Crippen molar-refractivity contribution in [1.29, 1.82) is 0 Å². The molecule has 4 rings (SSSR count). The molecule has 176 valence electrons. The first-order chi connectivity index (χ1) is 16.6. The number of thioether (sulfide) groups is 1. The van der Waals surface area contributed by atoms with Gasteiger partial charge in [0, 0.05) is 35.4 Å². The second-order valence-electron chi connectivity index (χ2n) is 8.15. The van der Waals surface area contributed by atoms with Crippen LogP contribution in [0.25, 0.3) is 11.3 Å². The Bertz CT molecular complexity index is 1160. The van der Waals surface area contributed by atoms with Gasteiger partial charge in [-0.2, -0.15) is 0 Å². The Morgan fingerprint density at radius 3 is 2.38 bits per heavy atom. The Hall–Kier alpha value is -3.52. The van der Waals surface area contributed by atoms with E-state index in [9.17, 15) is 0 Å². The molecule has 0 bridgehead atoms. The Kier molecular flexibility index (Phi) is 8.04. The highest BCUT2D eigenvalue weighted by Crippen LogP contribution is 2.21. The van der Waals surface area contributed by atoms with Crippen molar-refractivity contribution in [2.24, 2.45) is 5.92 Å². The van der Waals surface area contributed by atoms with E-state index in [0.717, 1.165) is 47.2 Å². The molecule has 0 aliphatic heterocycles. The van der Waals surface area contributed by atoms with Crippen LogP contribution >= 0.6 is 11.8 Å². The second kappa shape index (κ2) is 11.6. The van der Waals surface area contributed by atoms with Crippen LogP contribution in [0.4, 0.5) is 11.5 Å². The molecule has 2 heterocycles. The third kappa shape index (κ3) is 6.29.